The van der Waals surface area contributed by atoms with Crippen molar-refractivity contribution in [2.75, 3.05) is 4.90 Å². The van der Waals surface area contributed by atoms with Gasteiger partial charge in [-0.3, -0.25) is 14.5 Å². The largest absolute Gasteiger partial charge is 0.489 e. The molecule has 0 bridgehead atoms. The second kappa shape index (κ2) is 8.70. The van der Waals surface area contributed by atoms with Crippen molar-refractivity contribution in [3.05, 3.63) is 122 Å². The van der Waals surface area contributed by atoms with Crippen LogP contribution < -0.4 is 15.1 Å². The van der Waals surface area contributed by atoms with Gasteiger partial charge in [0.25, 0.3) is 5.91 Å². The van der Waals surface area contributed by atoms with E-state index >= 15 is 0 Å². The van der Waals surface area contributed by atoms with E-state index in [0.29, 0.717) is 45.5 Å². The average molecular weight is 499 g/mol. The second-order valence-corrected chi connectivity index (χ2v) is 8.97. The molecule has 178 valence electrons. The molecule has 1 atom stereocenters. The number of anilines is 1. The average Bonchev–Trinajstić information content (AvgIpc) is 3.44. The van der Waals surface area contributed by atoms with E-state index in [1.807, 2.05) is 36.4 Å². The van der Waals surface area contributed by atoms with Gasteiger partial charge in [-0.05, 0) is 54.4 Å². The van der Waals surface area contributed by atoms with Crippen LogP contribution in [0, 0.1) is 6.92 Å². The lowest BCUT2D eigenvalue weighted by atomic mass is 9.98. The van der Waals surface area contributed by atoms with E-state index in [4.69, 9.17) is 25.3 Å². The third-order valence-electron chi connectivity index (χ3n) is 6.13. The standard InChI is InChI=1S/C28H19ClN2O5/c1-16-13-23(30-36-16)31-25(24-26(32)21-7-2-3-8-22(21)35-27(24)28(31)33)18-5-4-6-20(14-18)34-15-17-9-11-19(29)12-10-17/h2-14,25H,15H2,1H3. The number of carbonyl (C=O) groups excluding carboxylic acids is 1. The molecule has 1 unspecified atom stereocenters. The molecule has 3 heterocycles. The first-order valence-electron chi connectivity index (χ1n) is 11.3. The Bertz CT molecular complexity index is 1670. The van der Waals surface area contributed by atoms with Crippen LogP contribution in [-0.4, -0.2) is 11.1 Å². The fourth-order valence-electron chi connectivity index (χ4n) is 4.46. The van der Waals surface area contributed by atoms with E-state index < -0.39 is 11.9 Å². The number of aromatic nitrogens is 1. The van der Waals surface area contributed by atoms with E-state index in [9.17, 15) is 9.59 Å². The highest BCUT2D eigenvalue weighted by molar-refractivity contribution is 6.30. The van der Waals surface area contributed by atoms with Crippen molar-refractivity contribution >= 4 is 34.3 Å². The lowest BCUT2D eigenvalue weighted by molar-refractivity contribution is 0.0969. The van der Waals surface area contributed by atoms with Gasteiger partial charge in [0.2, 0.25) is 5.76 Å². The van der Waals surface area contributed by atoms with Crippen LogP contribution in [0.1, 0.15) is 39.0 Å². The van der Waals surface area contributed by atoms with E-state index in [-0.39, 0.29) is 16.8 Å². The fourth-order valence-corrected chi connectivity index (χ4v) is 4.59. The SMILES string of the molecule is Cc1cc(N2C(=O)c3oc4ccccc4c(=O)c3C2c2cccc(OCc3ccc(Cl)cc3)c2)no1. The summed E-state index contributed by atoms with van der Waals surface area (Å²) in [5, 5.41) is 5.11. The van der Waals surface area contributed by atoms with Gasteiger partial charge in [0.1, 0.15) is 23.7 Å². The summed E-state index contributed by atoms with van der Waals surface area (Å²) in [4.78, 5) is 28.6. The topological polar surface area (TPSA) is 85.8 Å². The number of fused-ring (bicyclic) bond motifs is 2. The van der Waals surface area contributed by atoms with Crippen molar-refractivity contribution in [1.29, 1.82) is 0 Å². The predicted molar refractivity (Wildman–Crippen MR) is 135 cm³/mol. The number of halogens is 1. The van der Waals surface area contributed by atoms with Gasteiger partial charge in [0, 0.05) is 11.1 Å². The minimum absolute atomic E-state index is 0.00293. The van der Waals surface area contributed by atoms with Crippen molar-refractivity contribution in [2.24, 2.45) is 0 Å². The van der Waals surface area contributed by atoms with Gasteiger partial charge in [0.15, 0.2) is 11.2 Å². The molecule has 3 aromatic carbocycles. The van der Waals surface area contributed by atoms with E-state index in [1.54, 1.807) is 49.4 Å². The Morgan fingerprint density at radius 2 is 1.81 bits per heavy atom. The molecule has 1 aliphatic rings. The van der Waals surface area contributed by atoms with Gasteiger partial charge >= 0.3 is 0 Å². The first kappa shape index (κ1) is 22.1. The minimum atomic E-state index is -0.767. The molecule has 1 aliphatic heterocycles. The van der Waals surface area contributed by atoms with Crippen molar-refractivity contribution in [1.82, 2.24) is 5.16 Å². The summed E-state index contributed by atoms with van der Waals surface area (Å²) in [5.41, 5.74) is 1.98. The molecule has 0 aliphatic carbocycles. The number of ether oxygens (including phenoxy) is 1. The Labute approximate surface area is 210 Å². The lowest BCUT2D eigenvalue weighted by Crippen LogP contribution is -2.29. The summed E-state index contributed by atoms with van der Waals surface area (Å²) in [5.74, 6) is 0.960. The molecule has 36 heavy (non-hydrogen) atoms. The second-order valence-electron chi connectivity index (χ2n) is 8.53. The van der Waals surface area contributed by atoms with Crippen molar-refractivity contribution in [3.8, 4) is 5.75 Å². The Kier molecular flexibility index (Phi) is 5.34. The fraction of sp³-hybridized carbons (Fsp3) is 0.107. The van der Waals surface area contributed by atoms with Gasteiger partial charge in [-0.2, -0.15) is 0 Å². The highest BCUT2D eigenvalue weighted by Crippen LogP contribution is 2.41. The van der Waals surface area contributed by atoms with Crippen molar-refractivity contribution in [3.63, 3.8) is 0 Å². The zero-order valence-electron chi connectivity index (χ0n) is 19.1. The molecule has 0 saturated carbocycles. The molecule has 5 aromatic rings. The molecule has 0 spiro atoms. The Balaban J connectivity index is 1.46. The molecule has 8 heteroatoms. The number of rotatable bonds is 5. The Morgan fingerprint density at radius 1 is 1.00 bits per heavy atom. The number of benzene rings is 3. The Morgan fingerprint density at radius 3 is 2.58 bits per heavy atom. The summed E-state index contributed by atoms with van der Waals surface area (Å²) in [6.45, 7) is 2.07. The lowest BCUT2D eigenvalue weighted by Gasteiger charge is -2.22. The highest BCUT2D eigenvalue weighted by atomic mass is 35.5. The number of para-hydroxylation sites is 1. The predicted octanol–water partition coefficient (Wildman–Crippen LogP) is 6.07. The summed E-state index contributed by atoms with van der Waals surface area (Å²) in [7, 11) is 0. The monoisotopic (exact) mass is 498 g/mol. The molecule has 0 N–H and O–H groups in total. The smallest absolute Gasteiger partial charge is 0.296 e. The molecule has 7 nitrogen and oxygen atoms in total. The number of nitrogens with zero attached hydrogens (tertiary/aromatic N) is 2. The van der Waals surface area contributed by atoms with Crippen LogP contribution in [0.15, 0.2) is 92.6 Å². The maximum Gasteiger partial charge on any atom is 0.296 e. The van der Waals surface area contributed by atoms with Gasteiger partial charge in [-0.1, -0.05) is 53.2 Å². The van der Waals surface area contributed by atoms with Crippen LogP contribution in [0.2, 0.25) is 5.02 Å². The summed E-state index contributed by atoms with van der Waals surface area (Å²) < 4.78 is 17.2. The summed E-state index contributed by atoms with van der Waals surface area (Å²) >= 11 is 5.97. The van der Waals surface area contributed by atoms with Crippen LogP contribution in [-0.2, 0) is 6.61 Å². The number of amides is 1. The molecular weight excluding hydrogens is 480 g/mol. The zero-order chi connectivity index (χ0) is 24.8. The van der Waals surface area contributed by atoms with Gasteiger partial charge in [-0.25, -0.2) is 0 Å². The van der Waals surface area contributed by atoms with Crippen molar-refractivity contribution in [2.45, 2.75) is 19.6 Å². The van der Waals surface area contributed by atoms with E-state index in [2.05, 4.69) is 5.16 Å². The Hall–Kier alpha value is -4.36. The molecule has 0 saturated heterocycles. The van der Waals surface area contributed by atoms with E-state index in [1.165, 1.54) is 4.90 Å². The molecule has 0 fully saturated rings. The van der Waals surface area contributed by atoms with Crippen LogP contribution in [0.5, 0.6) is 5.75 Å². The maximum absolute atomic E-state index is 13.6. The van der Waals surface area contributed by atoms with Crippen LogP contribution >= 0.6 is 11.6 Å². The number of hydrogen-bond donors (Lipinski definition) is 0. The first-order chi connectivity index (χ1) is 17.5. The van der Waals surface area contributed by atoms with Gasteiger partial charge < -0.3 is 13.7 Å². The third kappa shape index (κ3) is 3.74. The molecular formula is C28H19ClN2O5. The zero-order valence-corrected chi connectivity index (χ0v) is 19.9. The summed E-state index contributed by atoms with van der Waals surface area (Å²) in [6, 6.07) is 22.5. The van der Waals surface area contributed by atoms with Crippen molar-refractivity contribution < 1.29 is 18.5 Å². The molecule has 6 rings (SSSR count). The van der Waals surface area contributed by atoms with Crippen LogP contribution in [0.3, 0.4) is 0 Å². The minimum Gasteiger partial charge on any atom is -0.489 e. The van der Waals surface area contributed by atoms with Crippen LogP contribution in [0.25, 0.3) is 11.0 Å². The van der Waals surface area contributed by atoms with E-state index in [0.717, 1.165) is 5.56 Å². The number of carbonyl (C=O) groups is 1. The quantitative estimate of drug-likeness (QED) is 0.292. The first-order valence-corrected chi connectivity index (χ1v) is 11.7. The molecule has 0 radical (unpaired) electrons. The van der Waals surface area contributed by atoms with Crippen LogP contribution in [0.4, 0.5) is 5.82 Å². The molecule has 1 amide bonds. The maximum atomic E-state index is 13.6. The molecule has 2 aromatic heterocycles. The van der Waals surface area contributed by atoms with Gasteiger partial charge in [-0.15, -0.1) is 0 Å². The normalized spacial score (nSPS) is 14.9. The highest BCUT2D eigenvalue weighted by Gasteiger charge is 2.45. The summed E-state index contributed by atoms with van der Waals surface area (Å²) in [6.07, 6.45) is 0. The van der Waals surface area contributed by atoms with Gasteiger partial charge in [0.05, 0.1) is 17.0 Å². The number of aryl methyl sites for hydroxylation is 1. The third-order valence-corrected chi connectivity index (χ3v) is 6.38. The number of hydrogen-bond acceptors (Lipinski definition) is 6.